The molecule has 0 aliphatic rings. The van der Waals surface area contributed by atoms with Gasteiger partial charge in [0, 0.05) is 22.1 Å². The maximum Gasteiger partial charge on any atom is 0.257 e. The van der Waals surface area contributed by atoms with Crippen molar-refractivity contribution in [2.75, 3.05) is 5.32 Å². The Morgan fingerprint density at radius 2 is 1.86 bits per heavy atom. The van der Waals surface area contributed by atoms with Crippen LogP contribution in [-0.4, -0.2) is 10.9 Å². The molecule has 0 spiro atoms. The van der Waals surface area contributed by atoms with E-state index in [0.717, 1.165) is 12.1 Å². The van der Waals surface area contributed by atoms with Gasteiger partial charge in [0.15, 0.2) is 0 Å². The molecule has 0 saturated carbocycles. The van der Waals surface area contributed by atoms with E-state index in [1.165, 1.54) is 12.3 Å². The van der Waals surface area contributed by atoms with Crippen LogP contribution in [0.25, 0.3) is 10.9 Å². The van der Waals surface area contributed by atoms with Crippen molar-refractivity contribution >= 4 is 34.1 Å². The van der Waals surface area contributed by atoms with E-state index in [2.05, 4.69) is 10.3 Å². The number of fused-ring (bicyclic) bond motifs is 1. The van der Waals surface area contributed by atoms with Crippen LogP contribution in [0.3, 0.4) is 0 Å². The third-order valence-corrected chi connectivity index (χ3v) is 3.32. The van der Waals surface area contributed by atoms with Crippen molar-refractivity contribution in [3.63, 3.8) is 0 Å². The van der Waals surface area contributed by atoms with Crippen molar-refractivity contribution in [2.45, 2.75) is 0 Å². The first-order valence-corrected chi connectivity index (χ1v) is 6.46. The first-order chi connectivity index (χ1) is 10.1. The highest BCUT2D eigenvalue weighted by molar-refractivity contribution is 6.31. The number of aromatic nitrogens is 1. The molecular formula is C15H9ClF2N2O. The standard InChI is InChI=1S/C15H9ClF2N2O/c16-8-4-5-9-10(7-19-13(9)6-8)15(21)20-14-11(17)2-1-3-12(14)18/h1-7,19H,(H,20,21). The summed E-state index contributed by atoms with van der Waals surface area (Å²) in [6, 6.07) is 8.35. The van der Waals surface area contributed by atoms with Gasteiger partial charge in [-0.05, 0) is 24.3 Å². The minimum Gasteiger partial charge on any atom is -0.360 e. The van der Waals surface area contributed by atoms with Gasteiger partial charge < -0.3 is 10.3 Å². The summed E-state index contributed by atoms with van der Waals surface area (Å²) < 4.78 is 27.1. The highest BCUT2D eigenvalue weighted by Crippen LogP contribution is 2.24. The van der Waals surface area contributed by atoms with Crippen LogP contribution < -0.4 is 5.32 Å². The lowest BCUT2D eigenvalue weighted by Gasteiger charge is -2.06. The number of carbonyl (C=O) groups is 1. The first kappa shape index (κ1) is 13.6. The summed E-state index contributed by atoms with van der Waals surface area (Å²) in [5, 5.41) is 3.39. The second-order valence-corrected chi connectivity index (χ2v) is 4.88. The molecule has 1 heterocycles. The van der Waals surface area contributed by atoms with Gasteiger partial charge in [0.2, 0.25) is 0 Å². The van der Waals surface area contributed by atoms with Crippen LogP contribution in [-0.2, 0) is 0 Å². The van der Waals surface area contributed by atoms with Crippen LogP contribution in [0.2, 0.25) is 5.02 Å². The third kappa shape index (κ3) is 2.48. The highest BCUT2D eigenvalue weighted by Gasteiger charge is 2.16. The molecule has 3 nitrogen and oxygen atoms in total. The van der Waals surface area contributed by atoms with E-state index in [-0.39, 0.29) is 5.56 Å². The van der Waals surface area contributed by atoms with Crippen LogP contribution >= 0.6 is 11.6 Å². The molecule has 0 aliphatic heterocycles. The fourth-order valence-corrected chi connectivity index (χ4v) is 2.26. The lowest BCUT2D eigenvalue weighted by atomic mass is 10.1. The van der Waals surface area contributed by atoms with Crippen molar-refractivity contribution in [3.05, 3.63) is 64.8 Å². The summed E-state index contributed by atoms with van der Waals surface area (Å²) in [5.74, 6) is -2.26. The van der Waals surface area contributed by atoms with E-state index in [4.69, 9.17) is 11.6 Å². The number of hydrogen-bond acceptors (Lipinski definition) is 1. The molecule has 0 fully saturated rings. The number of rotatable bonds is 2. The van der Waals surface area contributed by atoms with Gasteiger partial charge in [-0.25, -0.2) is 8.78 Å². The Labute approximate surface area is 123 Å². The molecule has 21 heavy (non-hydrogen) atoms. The predicted molar refractivity (Wildman–Crippen MR) is 77.6 cm³/mol. The molecule has 2 aromatic carbocycles. The molecule has 3 rings (SSSR count). The maximum absolute atomic E-state index is 13.5. The van der Waals surface area contributed by atoms with Crippen LogP contribution in [0, 0.1) is 11.6 Å². The number of carbonyl (C=O) groups excluding carboxylic acids is 1. The van der Waals surface area contributed by atoms with Crippen LogP contribution in [0.5, 0.6) is 0 Å². The fourth-order valence-electron chi connectivity index (χ4n) is 2.08. The molecule has 1 aromatic heterocycles. The molecule has 0 radical (unpaired) electrons. The average molecular weight is 307 g/mol. The first-order valence-electron chi connectivity index (χ1n) is 6.08. The van der Waals surface area contributed by atoms with Gasteiger partial charge in [-0.15, -0.1) is 0 Å². The number of benzene rings is 2. The second kappa shape index (κ2) is 5.18. The van der Waals surface area contributed by atoms with Crippen LogP contribution in [0.4, 0.5) is 14.5 Å². The van der Waals surface area contributed by atoms with Crippen molar-refractivity contribution in [3.8, 4) is 0 Å². The maximum atomic E-state index is 13.5. The van der Waals surface area contributed by atoms with E-state index >= 15 is 0 Å². The van der Waals surface area contributed by atoms with Crippen molar-refractivity contribution < 1.29 is 13.6 Å². The largest absolute Gasteiger partial charge is 0.360 e. The quantitative estimate of drug-likeness (QED) is 0.726. The molecule has 0 saturated heterocycles. The second-order valence-electron chi connectivity index (χ2n) is 4.44. The van der Waals surface area contributed by atoms with Crippen LogP contribution in [0.1, 0.15) is 10.4 Å². The molecule has 2 N–H and O–H groups in total. The smallest absolute Gasteiger partial charge is 0.257 e. The van der Waals surface area contributed by atoms with E-state index in [0.29, 0.717) is 15.9 Å². The molecule has 3 aromatic rings. The Balaban J connectivity index is 1.98. The van der Waals surface area contributed by atoms with Gasteiger partial charge in [-0.2, -0.15) is 0 Å². The molecule has 0 atom stereocenters. The number of amides is 1. The lowest BCUT2D eigenvalue weighted by Crippen LogP contribution is -2.13. The summed E-state index contributed by atoms with van der Waals surface area (Å²) in [7, 11) is 0. The van der Waals surface area contributed by atoms with E-state index < -0.39 is 23.2 Å². The van der Waals surface area contributed by atoms with E-state index in [9.17, 15) is 13.6 Å². The monoisotopic (exact) mass is 306 g/mol. The number of hydrogen-bond donors (Lipinski definition) is 2. The lowest BCUT2D eigenvalue weighted by molar-refractivity contribution is 0.102. The average Bonchev–Trinajstić information content (AvgIpc) is 2.85. The molecule has 0 aliphatic carbocycles. The number of nitrogens with one attached hydrogen (secondary N) is 2. The zero-order valence-corrected chi connectivity index (χ0v) is 11.3. The third-order valence-electron chi connectivity index (χ3n) is 3.09. The number of H-pyrrole nitrogens is 1. The minimum atomic E-state index is -0.828. The van der Waals surface area contributed by atoms with Gasteiger partial charge in [0.1, 0.15) is 17.3 Å². The number of para-hydroxylation sites is 1. The molecule has 0 bridgehead atoms. The molecule has 1 amide bonds. The van der Waals surface area contributed by atoms with Gasteiger partial charge in [0.05, 0.1) is 5.56 Å². The van der Waals surface area contributed by atoms with Crippen molar-refractivity contribution in [1.29, 1.82) is 0 Å². The van der Waals surface area contributed by atoms with Gasteiger partial charge in [-0.1, -0.05) is 23.7 Å². The van der Waals surface area contributed by atoms with Gasteiger partial charge >= 0.3 is 0 Å². The molecular weight excluding hydrogens is 298 g/mol. The molecule has 106 valence electrons. The fraction of sp³-hybridized carbons (Fsp3) is 0. The highest BCUT2D eigenvalue weighted by atomic mass is 35.5. The summed E-state index contributed by atoms with van der Waals surface area (Å²) in [6.07, 6.45) is 1.47. The Morgan fingerprint density at radius 3 is 2.57 bits per heavy atom. The number of aromatic amines is 1. The topological polar surface area (TPSA) is 44.9 Å². The summed E-state index contributed by atoms with van der Waals surface area (Å²) in [5.41, 5.74) is 0.483. The normalized spacial score (nSPS) is 10.8. The number of halogens is 3. The zero-order valence-electron chi connectivity index (χ0n) is 10.6. The van der Waals surface area contributed by atoms with Crippen molar-refractivity contribution in [2.24, 2.45) is 0 Å². The Hall–Kier alpha value is -2.40. The summed E-state index contributed by atoms with van der Waals surface area (Å²) in [6.45, 7) is 0. The molecule has 6 heteroatoms. The predicted octanol–water partition coefficient (Wildman–Crippen LogP) is 4.35. The zero-order chi connectivity index (χ0) is 15.0. The summed E-state index contributed by atoms with van der Waals surface area (Å²) in [4.78, 5) is 15.1. The molecule has 0 unspecified atom stereocenters. The summed E-state index contributed by atoms with van der Waals surface area (Å²) >= 11 is 5.86. The van der Waals surface area contributed by atoms with Gasteiger partial charge in [0.25, 0.3) is 5.91 Å². The Morgan fingerprint density at radius 1 is 1.14 bits per heavy atom. The van der Waals surface area contributed by atoms with Crippen molar-refractivity contribution in [1.82, 2.24) is 4.98 Å². The van der Waals surface area contributed by atoms with E-state index in [1.54, 1.807) is 18.2 Å². The van der Waals surface area contributed by atoms with Crippen LogP contribution in [0.15, 0.2) is 42.6 Å². The minimum absolute atomic E-state index is 0.282. The van der Waals surface area contributed by atoms with E-state index in [1.807, 2.05) is 0 Å². The van der Waals surface area contributed by atoms with Gasteiger partial charge in [-0.3, -0.25) is 4.79 Å². The SMILES string of the molecule is O=C(Nc1c(F)cccc1F)c1c[nH]c2cc(Cl)ccc12. The Kier molecular flexibility index (Phi) is 3.35. The number of anilines is 1. The Bertz CT molecular complexity index is 825.